The van der Waals surface area contributed by atoms with Gasteiger partial charge in [0.15, 0.2) is 0 Å². The molecule has 0 spiro atoms. The Morgan fingerprint density at radius 2 is 1.50 bits per heavy atom. The number of aromatic nitrogens is 2. The highest BCUT2D eigenvalue weighted by molar-refractivity contribution is 7.98. The van der Waals surface area contributed by atoms with E-state index < -0.39 is 0 Å². The van der Waals surface area contributed by atoms with Crippen LogP contribution in [0, 0.1) is 0 Å². The molecule has 0 aliphatic rings. The fourth-order valence-electron chi connectivity index (χ4n) is 2.88. The smallest absolute Gasteiger partial charge is 0.257 e. The van der Waals surface area contributed by atoms with Gasteiger partial charge in [-0.3, -0.25) is 14.9 Å². The van der Waals surface area contributed by atoms with Crippen LogP contribution >= 0.6 is 23.1 Å². The molecule has 0 aliphatic heterocycles. The van der Waals surface area contributed by atoms with E-state index in [2.05, 4.69) is 20.8 Å². The molecule has 3 aromatic carbocycles. The molecule has 160 valence electrons. The van der Waals surface area contributed by atoms with Crippen molar-refractivity contribution < 1.29 is 9.59 Å². The van der Waals surface area contributed by atoms with E-state index in [-0.39, 0.29) is 11.8 Å². The number of thioether (sulfide) groups is 1. The van der Waals surface area contributed by atoms with Crippen LogP contribution in [0.25, 0.3) is 0 Å². The molecule has 4 rings (SSSR count). The van der Waals surface area contributed by atoms with Crippen LogP contribution in [0.15, 0.2) is 89.8 Å². The Morgan fingerprint density at radius 3 is 2.22 bits per heavy atom. The minimum Gasteiger partial charge on any atom is -0.326 e. The van der Waals surface area contributed by atoms with Gasteiger partial charge in [0.1, 0.15) is 5.01 Å². The molecule has 2 N–H and O–H groups in total. The Labute approximate surface area is 194 Å². The highest BCUT2D eigenvalue weighted by Crippen LogP contribution is 2.26. The molecule has 1 aromatic heterocycles. The van der Waals surface area contributed by atoms with Gasteiger partial charge < -0.3 is 5.32 Å². The molecule has 0 bridgehead atoms. The highest BCUT2D eigenvalue weighted by atomic mass is 32.2. The van der Waals surface area contributed by atoms with E-state index >= 15 is 0 Å². The maximum Gasteiger partial charge on any atom is 0.257 e. The molecule has 0 radical (unpaired) electrons. The van der Waals surface area contributed by atoms with Gasteiger partial charge in [-0.05, 0) is 42.0 Å². The van der Waals surface area contributed by atoms with Gasteiger partial charge in [-0.2, -0.15) is 0 Å². The fraction of sp³-hybridized carbons (Fsp3) is 0.0833. The number of carbonyl (C=O) groups excluding carboxylic acids is 2. The van der Waals surface area contributed by atoms with Crippen LogP contribution in [0.4, 0.5) is 10.8 Å². The van der Waals surface area contributed by atoms with E-state index in [4.69, 9.17) is 0 Å². The molecule has 0 saturated carbocycles. The summed E-state index contributed by atoms with van der Waals surface area (Å²) in [6, 6.07) is 26.3. The molecule has 0 aliphatic carbocycles. The first-order valence-electron chi connectivity index (χ1n) is 9.91. The Morgan fingerprint density at radius 1 is 0.812 bits per heavy atom. The van der Waals surface area contributed by atoms with Gasteiger partial charge in [0.2, 0.25) is 11.0 Å². The van der Waals surface area contributed by atoms with E-state index in [9.17, 15) is 9.59 Å². The van der Waals surface area contributed by atoms with Crippen LogP contribution in [-0.4, -0.2) is 22.0 Å². The van der Waals surface area contributed by atoms with Crippen molar-refractivity contribution in [3.63, 3.8) is 0 Å². The van der Waals surface area contributed by atoms with E-state index in [0.717, 1.165) is 15.5 Å². The first-order valence-corrected chi connectivity index (χ1v) is 11.7. The lowest BCUT2D eigenvalue weighted by Crippen LogP contribution is -2.15. The second kappa shape index (κ2) is 10.7. The van der Waals surface area contributed by atoms with Crippen molar-refractivity contribution in [2.24, 2.45) is 0 Å². The normalized spacial score (nSPS) is 10.5. The van der Waals surface area contributed by atoms with Crippen molar-refractivity contribution in [3.05, 3.63) is 101 Å². The fourth-order valence-corrected chi connectivity index (χ4v) is 4.53. The number of anilines is 2. The summed E-state index contributed by atoms with van der Waals surface area (Å²) in [4.78, 5) is 25.9. The lowest BCUT2D eigenvalue weighted by molar-refractivity contribution is -0.115. The van der Waals surface area contributed by atoms with Gasteiger partial charge in [-0.1, -0.05) is 59.9 Å². The molecule has 0 saturated heterocycles. The summed E-state index contributed by atoms with van der Waals surface area (Å²) in [5, 5.41) is 15.1. The van der Waals surface area contributed by atoms with Gasteiger partial charge in [-0.15, -0.1) is 22.0 Å². The van der Waals surface area contributed by atoms with Crippen molar-refractivity contribution in [3.8, 4) is 0 Å². The zero-order valence-electron chi connectivity index (χ0n) is 17.0. The maximum absolute atomic E-state index is 12.5. The molecule has 2 amide bonds. The SMILES string of the molecule is O=C(Cc1ccccc1)Nc1ccc(C(=O)Nc2nnc(CSc3ccccc3)s2)cc1. The van der Waals surface area contributed by atoms with Crippen LogP contribution in [0.3, 0.4) is 0 Å². The summed E-state index contributed by atoms with van der Waals surface area (Å²) >= 11 is 3.03. The lowest BCUT2D eigenvalue weighted by atomic mass is 10.1. The number of nitrogens with zero attached hydrogens (tertiary/aromatic N) is 2. The minimum absolute atomic E-state index is 0.108. The Balaban J connectivity index is 1.28. The molecule has 0 atom stereocenters. The number of carbonyl (C=O) groups is 2. The van der Waals surface area contributed by atoms with Crippen LogP contribution in [0.5, 0.6) is 0 Å². The monoisotopic (exact) mass is 460 g/mol. The van der Waals surface area contributed by atoms with Gasteiger partial charge in [0, 0.05) is 16.1 Å². The summed E-state index contributed by atoms with van der Waals surface area (Å²) < 4.78 is 0. The molecule has 32 heavy (non-hydrogen) atoms. The zero-order valence-corrected chi connectivity index (χ0v) is 18.7. The summed E-state index contributed by atoms with van der Waals surface area (Å²) in [6.45, 7) is 0. The van der Waals surface area contributed by atoms with E-state index in [1.54, 1.807) is 36.0 Å². The molecule has 0 fully saturated rings. The van der Waals surface area contributed by atoms with Crippen LogP contribution in [-0.2, 0) is 17.0 Å². The number of nitrogens with one attached hydrogen (secondary N) is 2. The average molecular weight is 461 g/mol. The van der Waals surface area contributed by atoms with Gasteiger partial charge in [-0.25, -0.2) is 0 Å². The maximum atomic E-state index is 12.5. The first kappa shape index (κ1) is 21.7. The molecule has 0 unspecified atom stereocenters. The third kappa shape index (κ3) is 6.26. The quantitative estimate of drug-likeness (QED) is 0.350. The van der Waals surface area contributed by atoms with E-state index in [0.29, 0.717) is 28.6 Å². The van der Waals surface area contributed by atoms with Crippen molar-refractivity contribution in [2.45, 2.75) is 17.1 Å². The lowest BCUT2D eigenvalue weighted by Gasteiger charge is -2.07. The summed E-state index contributed by atoms with van der Waals surface area (Å²) in [7, 11) is 0. The summed E-state index contributed by atoms with van der Waals surface area (Å²) in [5.74, 6) is 0.309. The number of benzene rings is 3. The third-order valence-electron chi connectivity index (χ3n) is 4.43. The number of rotatable bonds is 8. The topological polar surface area (TPSA) is 84.0 Å². The van der Waals surface area contributed by atoms with Crippen LogP contribution < -0.4 is 10.6 Å². The van der Waals surface area contributed by atoms with Crippen molar-refractivity contribution in [1.29, 1.82) is 0 Å². The van der Waals surface area contributed by atoms with Crippen molar-refractivity contribution in [1.82, 2.24) is 10.2 Å². The summed E-state index contributed by atoms with van der Waals surface area (Å²) in [5.41, 5.74) is 2.06. The largest absolute Gasteiger partial charge is 0.326 e. The van der Waals surface area contributed by atoms with E-state index in [1.165, 1.54) is 11.3 Å². The predicted molar refractivity (Wildman–Crippen MR) is 129 cm³/mol. The van der Waals surface area contributed by atoms with Gasteiger partial charge in [0.25, 0.3) is 5.91 Å². The Hall–Kier alpha value is -3.49. The van der Waals surface area contributed by atoms with Crippen molar-refractivity contribution in [2.75, 3.05) is 10.6 Å². The van der Waals surface area contributed by atoms with Crippen LogP contribution in [0.2, 0.25) is 0 Å². The van der Waals surface area contributed by atoms with Gasteiger partial charge >= 0.3 is 0 Å². The zero-order chi connectivity index (χ0) is 22.2. The Bertz CT molecular complexity index is 1180. The predicted octanol–water partition coefficient (Wildman–Crippen LogP) is 5.26. The molecular weight excluding hydrogens is 440 g/mol. The summed E-state index contributed by atoms with van der Waals surface area (Å²) in [6.07, 6.45) is 0.297. The first-order chi connectivity index (χ1) is 15.7. The second-order valence-corrected chi connectivity index (χ2v) is 8.96. The average Bonchev–Trinajstić information content (AvgIpc) is 3.26. The number of hydrogen-bond donors (Lipinski definition) is 2. The standard InChI is InChI=1S/C24H20N4O2S2/c29-21(15-17-7-3-1-4-8-17)25-19-13-11-18(12-14-19)23(30)26-24-28-27-22(32-24)16-31-20-9-5-2-6-10-20/h1-14H,15-16H2,(H,25,29)(H,26,28,30). The van der Waals surface area contributed by atoms with Crippen molar-refractivity contribution >= 4 is 45.7 Å². The molecule has 4 aromatic rings. The number of hydrogen-bond acceptors (Lipinski definition) is 6. The van der Waals surface area contributed by atoms with Crippen LogP contribution in [0.1, 0.15) is 20.9 Å². The highest BCUT2D eigenvalue weighted by Gasteiger charge is 2.11. The molecule has 8 heteroatoms. The third-order valence-corrected chi connectivity index (χ3v) is 6.48. The van der Waals surface area contributed by atoms with Gasteiger partial charge in [0.05, 0.1) is 12.2 Å². The minimum atomic E-state index is -0.273. The van der Waals surface area contributed by atoms with E-state index in [1.807, 2.05) is 60.7 Å². The second-order valence-electron chi connectivity index (χ2n) is 6.84. The molecular formula is C24H20N4O2S2. The molecule has 1 heterocycles. The molecule has 6 nitrogen and oxygen atoms in total. The Kier molecular flexibility index (Phi) is 7.27. The number of amides is 2.